The first-order valence-electron chi connectivity index (χ1n) is 3.62. The van der Waals surface area contributed by atoms with E-state index in [-0.39, 0.29) is 5.54 Å². The zero-order valence-electron chi connectivity index (χ0n) is 6.28. The number of nitrogens with two attached hydrogens (primary N) is 1. The zero-order chi connectivity index (χ0) is 6.91. The summed E-state index contributed by atoms with van der Waals surface area (Å²) in [5, 5.41) is 3.27. The Morgan fingerprint density at radius 2 is 2.22 bits per heavy atom. The number of rotatable bonds is 3. The maximum absolute atomic E-state index is 5.60. The highest BCUT2D eigenvalue weighted by Crippen LogP contribution is 2.38. The Labute approximate surface area is 56.8 Å². The lowest BCUT2D eigenvalue weighted by molar-refractivity contribution is 0.345. The summed E-state index contributed by atoms with van der Waals surface area (Å²) in [6.45, 7) is 2.96. The molecule has 0 radical (unpaired) electrons. The van der Waals surface area contributed by atoms with Gasteiger partial charge in [-0.25, -0.2) is 0 Å². The molecule has 1 saturated carbocycles. The number of nitrogens with one attached hydrogen (secondary N) is 1. The third kappa shape index (κ3) is 1.25. The van der Waals surface area contributed by atoms with Gasteiger partial charge in [0.1, 0.15) is 0 Å². The maximum atomic E-state index is 5.60. The lowest BCUT2D eigenvalue weighted by atomic mass is 9.97. The van der Waals surface area contributed by atoms with Gasteiger partial charge in [0.2, 0.25) is 0 Å². The van der Waals surface area contributed by atoms with Gasteiger partial charge in [-0.2, -0.15) is 0 Å². The molecule has 3 N–H and O–H groups in total. The molecule has 0 saturated heterocycles. The van der Waals surface area contributed by atoms with Crippen LogP contribution in [0.15, 0.2) is 0 Å². The van der Waals surface area contributed by atoms with Crippen LogP contribution >= 0.6 is 0 Å². The Hall–Kier alpha value is -0.0800. The fourth-order valence-electron chi connectivity index (χ4n) is 1.19. The second-order valence-corrected chi connectivity index (χ2v) is 3.15. The number of hydrogen-bond donors (Lipinski definition) is 2. The molecule has 0 heterocycles. The second kappa shape index (κ2) is 2.27. The van der Waals surface area contributed by atoms with E-state index in [1.165, 1.54) is 12.8 Å². The van der Waals surface area contributed by atoms with Crippen LogP contribution in [0.25, 0.3) is 0 Å². The van der Waals surface area contributed by atoms with Gasteiger partial charge in [-0.1, -0.05) is 0 Å². The largest absolute Gasteiger partial charge is 0.329 e. The van der Waals surface area contributed by atoms with Gasteiger partial charge in [-0.15, -0.1) is 0 Å². The average molecular weight is 128 g/mol. The SMILES string of the molecule is CNC(C)(CN)C1CC1. The van der Waals surface area contributed by atoms with E-state index in [4.69, 9.17) is 5.73 Å². The molecule has 1 aliphatic rings. The second-order valence-electron chi connectivity index (χ2n) is 3.15. The van der Waals surface area contributed by atoms with Crippen LogP contribution in [0.1, 0.15) is 19.8 Å². The molecule has 0 aliphatic heterocycles. The Morgan fingerprint density at radius 3 is 2.33 bits per heavy atom. The van der Waals surface area contributed by atoms with E-state index in [9.17, 15) is 0 Å². The average Bonchev–Trinajstić information content (AvgIpc) is 2.68. The lowest BCUT2D eigenvalue weighted by Gasteiger charge is -2.27. The highest BCUT2D eigenvalue weighted by Gasteiger charge is 2.38. The van der Waals surface area contributed by atoms with Crippen molar-refractivity contribution in [1.29, 1.82) is 0 Å². The molecule has 54 valence electrons. The molecule has 0 spiro atoms. The first kappa shape index (κ1) is 7.03. The molecule has 1 rings (SSSR count). The van der Waals surface area contributed by atoms with Gasteiger partial charge in [-0.3, -0.25) is 0 Å². The molecule has 0 aromatic heterocycles. The lowest BCUT2D eigenvalue weighted by Crippen LogP contribution is -2.48. The van der Waals surface area contributed by atoms with E-state index in [1.54, 1.807) is 0 Å². The standard InChI is InChI=1S/C7H16N2/c1-7(5-8,9-2)6-3-4-6/h6,9H,3-5,8H2,1-2H3. The van der Waals surface area contributed by atoms with Gasteiger partial charge in [0.15, 0.2) is 0 Å². The van der Waals surface area contributed by atoms with Crippen LogP contribution in [0.2, 0.25) is 0 Å². The van der Waals surface area contributed by atoms with Crippen LogP contribution in [0.3, 0.4) is 0 Å². The minimum absolute atomic E-state index is 0.222. The summed E-state index contributed by atoms with van der Waals surface area (Å²) in [7, 11) is 1.99. The van der Waals surface area contributed by atoms with Crippen molar-refractivity contribution in [3.05, 3.63) is 0 Å². The quantitative estimate of drug-likeness (QED) is 0.575. The van der Waals surface area contributed by atoms with Crippen LogP contribution in [-0.4, -0.2) is 19.1 Å². The van der Waals surface area contributed by atoms with Gasteiger partial charge < -0.3 is 11.1 Å². The molecule has 0 bridgehead atoms. The monoisotopic (exact) mass is 128 g/mol. The topological polar surface area (TPSA) is 38.0 Å². The van der Waals surface area contributed by atoms with Crippen LogP contribution in [0, 0.1) is 5.92 Å². The van der Waals surface area contributed by atoms with Gasteiger partial charge in [-0.05, 0) is 32.7 Å². The van der Waals surface area contributed by atoms with Gasteiger partial charge in [0.05, 0.1) is 0 Å². The number of likely N-dealkylation sites (N-methyl/N-ethyl adjacent to an activating group) is 1. The Kier molecular flexibility index (Phi) is 1.78. The summed E-state index contributed by atoms with van der Waals surface area (Å²) >= 11 is 0. The molecule has 0 amide bonds. The first-order chi connectivity index (χ1) is 4.23. The minimum atomic E-state index is 0.222. The smallest absolute Gasteiger partial charge is 0.0301 e. The van der Waals surface area contributed by atoms with Gasteiger partial charge in [0, 0.05) is 12.1 Å². The van der Waals surface area contributed by atoms with E-state index in [0.717, 1.165) is 12.5 Å². The third-order valence-electron chi connectivity index (χ3n) is 2.47. The molecular weight excluding hydrogens is 112 g/mol. The fraction of sp³-hybridized carbons (Fsp3) is 1.00. The molecule has 1 unspecified atom stereocenters. The van der Waals surface area contributed by atoms with E-state index in [2.05, 4.69) is 12.2 Å². The Morgan fingerprint density at radius 1 is 1.67 bits per heavy atom. The summed E-state index contributed by atoms with van der Waals surface area (Å²) in [4.78, 5) is 0. The summed E-state index contributed by atoms with van der Waals surface area (Å²) in [6.07, 6.45) is 2.71. The summed E-state index contributed by atoms with van der Waals surface area (Å²) in [5.41, 5.74) is 5.82. The van der Waals surface area contributed by atoms with E-state index >= 15 is 0 Å². The van der Waals surface area contributed by atoms with Crippen LogP contribution in [-0.2, 0) is 0 Å². The van der Waals surface area contributed by atoms with Crippen molar-refractivity contribution < 1.29 is 0 Å². The highest BCUT2D eigenvalue weighted by molar-refractivity contribution is 4.97. The van der Waals surface area contributed by atoms with Gasteiger partial charge in [0.25, 0.3) is 0 Å². The fourth-order valence-corrected chi connectivity index (χ4v) is 1.19. The molecule has 1 aliphatic carbocycles. The first-order valence-corrected chi connectivity index (χ1v) is 3.62. The van der Waals surface area contributed by atoms with Crippen molar-refractivity contribution in [3.63, 3.8) is 0 Å². The summed E-state index contributed by atoms with van der Waals surface area (Å²) in [6, 6.07) is 0. The van der Waals surface area contributed by atoms with E-state index in [1.807, 2.05) is 7.05 Å². The molecule has 2 heteroatoms. The van der Waals surface area contributed by atoms with Crippen LogP contribution in [0.4, 0.5) is 0 Å². The maximum Gasteiger partial charge on any atom is 0.0301 e. The third-order valence-corrected chi connectivity index (χ3v) is 2.47. The zero-order valence-corrected chi connectivity index (χ0v) is 6.28. The molecule has 1 atom stereocenters. The van der Waals surface area contributed by atoms with E-state index in [0.29, 0.717) is 0 Å². The van der Waals surface area contributed by atoms with Crippen molar-refractivity contribution in [1.82, 2.24) is 5.32 Å². The molecule has 0 aromatic rings. The highest BCUT2D eigenvalue weighted by atomic mass is 15.0. The molecule has 0 aromatic carbocycles. The van der Waals surface area contributed by atoms with Crippen LogP contribution < -0.4 is 11.1 Å². The Bertz CT molecular complexity index is 93.1. The van der Waals surface area contributed by atoms with Crippen LogP contribution in [0.5, 0.6) is 0 Å². The molecule has 2 nitrogen and oxygen atoms in total. The normalized spacial score (nSPS) is 25.7. The van der Waals surface area contributed by atoms with Crippen molar-refractivity contribution in [2.24, 2.45) is 11.7 Å². The van der Waals surface area contributed by atoms with Gasteiger partial charge >= 0.3 is 0 Å². The predicted molar refractivity (Wildman–Crippen MR) is 39.2 cm³/mol. The van der Waals surface area contributed by atoms with Crippen molar-refractivity contribution in [2.45, 2.75) is 25.3 Å². The molecular formula is C7H16N2. The van der Waals surface area contributed by atoms with Crippen molar-refractivity contribution in [2.75, 3.05) is 13.6 Å². The Balaban J connectivity index is 2.43. The predicted octanol–water partition coefficient (Wildman–Crippen LogP) is 0.333. The summed E-state index contributed by atoms with van der Waals surface area (Å²) < 4.78 is 0. The van der Waals surface area contributed by atoms with Crippen molar-refractivity contribution in [3.8, 4) is 0 Å². The summed E-state index contributed by atoms with van der Waals surface area (Å²) in [5.74, 6) is 0.840. The molecule has 9 heavy (non-hydrogen) atoms. The van der Waals surface area contributed by atoms with E-state index < -0.39 is 0 Å². The number of hydrogen-bond acceptors (Lipinski definition) is 2. The van der Waals surface area contributed by atoms with Crippen molar-refractivity contribution >= 4 is 0 Å². The molecule has 1 fully saturated rings. The minimum Gasteiger partial charge on any atom is -0.329 e.